The number of carboxylic acids is 1. The maximum Gasteiger partial charge on any atom is 0.573 e. The fraction of sp³-hybridized carbons (Fsp3) is 0.246. The van der Waals surface area contributed by atoms with Crippen LogP contribution in [-0.2, 0) is 13.0 Å². The van der Waals surface area contributed by atoms with Gasteiger partial charge in [-0.3, -0.25) is 4.79 Å². The van der Waals surface area contributed by atoms with Crippen LogP contribution in [0.1, 0.15) is 49.7 Å². The van der Waals surface area contributed by atoms with E-state index in [1.165, 1.54) is 24.3 Å². The van der Waals surface area contributed by atoms with Gasteiger partial charge in [-0.15, -0.1) is 26.3 Å². The average Bonchev–Trinajstić information content (AvgIpc) is 4.27. The molecule has 6 aromatic heterocycles. The number of hydrogen-bond acceptors (Lipinski definition) is 13. The Morgan fingerprint density at radius 3 is 1.40 bits per heavy atom. The van der Waals surface area contributed by atoms with Crippen molar-refractivity contribution in [2.24, 2.45) is 5.73 Å². The minimum atomic E-state index is -4.70. The van der Waals surface area contributed by atoms with Gasteiger partial charge in [0.2, 0.25) is 0 Å². The van der Waals surface area contributed by atoms with Gasteiger partial charge < -0.3 is 39.9 Å². The number of ketones is 1. The summed E-state index contributed by atoms with van der Waals surface area (Å²) in [6.45, 7) is 10.0. The van der Waals surface area contributed by atoms with Crippen LogP contribution in [0.4, 0.5) is 49.4 Å². The van der Waals surface area contributed by atoms with Gasteiger partial charge in [-0.1, -0.05) is 24.3 Å². The zero-order chi connectivity index (χ0) is 58.4. The molecule has 0 amide bonds. The van der Waals surface area contributed by atoms with Crippen LogP contribution in [0.5, 0.6) is 11.5 Å². The monoisotopic (exact) mass is 1140 g/mol. The Morgan fingerprint density at radius 1 is 0.530 bits per heavy atom. The Morgan fingerprint density at radius 2 is 0.952 bits per heavy atom. The summed E-state index contributed by atoms with van der Waals surface area (Å²) in [6.07, 6.45) is -4.76. The van der Waals surface area contributed by atoms with E-state index in [2.05, 4.69) is 63.5 Å². The molecule has 0 aliphatic carbocycles. The summed E-state index contributed by atoms with van der Waals surface area (Å²) in [5.74, 6) is 0.528. The summed E-state index contributed by atoms with van der Waals surface area (Å²) in [7, 11) is 0. The third kappa shape index (κ3) is 13.8. The molecular formula is C61H57F6N11O5. The van der Waals surface area contributed by atoms with Crippen molar-refractivity contribution in [2.75, 3.05) is 72.0 Å². The van der Waals surface area contributed by atoms with Crippen LogP contribution in [0.15, 0.2) is 158 Å². The topological polar surface area (TPSA) is 172 Å². The zero-order valence-electron chi connectivity index (χ0n) is 45.2. The van der Waals surface area contributed by atoms with Crippen molar-refractivity contribution in [3.63, 3.8) is 0 Å². The number of Topliss-reactive ketones (excluding diaryl/α,β-unsaturated/α-hetero) is 1. The summed E-state index contributed by atoms with van der Waals surface area (Å²) in [6, 6.07) is 43.3. The van der Waals surface area contributed by atoms with E-state index in [0.717, 1.165) is 120 Å². The molecular weight excluding hydrogens is 1080 g/mol. The molecule has 2 saturated heterocycles. The molecule has 2 fully saturated rings. The number of benzene rings is 4. The number of aryl methyl sites for hydroxylation is 3. The van der Waals surface area contributed by atoms with Gasteiger partial charge in [0, 0.05) is 99.9 Å². The van der Waals surface area contributed by atoms with Crippen LogP contribution in [0.2, 0.25) is 0 Å². The third-order valence-electron chi connectivity index (χ3n) is 14.4. The summed E-state index contributed by atoms with van der Waals surface area (Å²) in [4.78, 5) is 42.2. The third-order valence-corrected chi connectivity index (χ3v) is 14.4. The Bertz CT molecular complexity index is 3910. The van der Waals surface area contributed by atoms with Crippen molar-refractivity contribution >= 4 is 67.6 Å². The molecule has 0 saturated carbocycles. The van der Waals surface area contributed by atoms with Crippen LogP contribution < -0.4 is 34.8 Å². The van der Waals surface area contributed by atoms with Crippen molar-refractivity contribution in [3.8, 4) is 11.5 Å². The van der Waals surface area contributed by atoms with Crippen LogP contribution >= 0.6 is 0 Å². The lowest BCUT2D eigenvalue weighted by molar-refractivity contribution is -0.275. The predicted octanol–water partition coefficient (Wildman–Crippen LogP) is 11.5. The zero-order valence-corrected chi connectivity index (χ0v) is 45.2. The fourth-order valence-electron chi connectivity index (χ4n) is 10.3. The first-order valence-electron chi connectivity index (χ1n) is 26.7. The number of halogens is 6. The van der Waals surface area contributed by atoms with Gasteiger partial charge in [-0.05, 0) is 153 Å². The van der Waals surface area contributed by atoms with Gasteiger partial charge in [-0.2, -0.15) is 10.2 Å². The maximum absolute atomic E-state index is 13.1. The number of carbonyl (C=O) groups excluding carboxylic acids is 1. The lowest BCUT2D eigenvalue weighted by Gasteiger charge is -2.36. The minimum absolute atomic E-state index is 0.0852. The fourth-order valence-corrected chi connectivity index (χ4v) is 10.3. The SMILES string of the molecule is Cc1nn2ccccc2c1C(=O)CCc1ccc2nc(N3CCN(c4ccc(OC(F)(F)F)cc4)CC3)ccc2c1.Cc1nn2ccccc2c1C(=O)O.NCc1ccc2nc(N3CCN(c4ccc(OC(F)(F)F)cc4)CC3)ccc2c1. The first kappa shape index (κ1) is 56.8. The van der Waals surface area contributed by atoms with Gasteiger partial charge in [0.05, 0.1) is 39.0 Å². The number of anilines is 4. The number of carbonyl (C=O) groups is 2. The number of alkyl halides is 6. The van der Waals surface area contributed by atoms with Crippen molar-refractivity contribution in [2.45, 2.75) is 46.0 Å². The molecule has 2 aliphatic heterocycles. The standard InChI is InChI=1S/C31H28F3N5O2.C21H21F3N4O.C9H8N2O2/c1-21-30(27-4-2-3-15-39(27)36-21)28(40)13-6-22-5-12-26-23(20-22)7-14-29(35-26)38-18-16-37(17-19-38)24-8-10-25(11-9-24)41-31(32,33)34;22-21(23,24)29-18-5-3-17(4-6-18)27-9-11-28(12-10-27)20-8-2-16-13-15(14-25)1-7-19(16)26-20;1-6-8(9(12)13)7-4-2-3-5-11(7)10-6/h2-5,7-12,14-15,20H,6,13,16-19H2,1H3;1-8,13H,9-12,14,25H2;2-5H,1H3,(H,12,13). The molecule has 8 heterocycles. The number of aromatic nitrogens is 6. The second-order valence-corrected chi connectivity index (χ2v) is 19.8. The second kappa shape index (κ2) is 24.3. The number of ether oxygens (including phenoxy) is 2. The highest BCUT2D eigenvalue weighted by atomic mass is 19.4. The van der Waals surface area contributed by atoms with Gasteiger partial charge >= 0.3 is 18.7 Å². The Labute approximate surface area is 472 Å². The van der Waals surface area contributed by atoms with Crippen molar-refractivity contribution < 1.29 is 50.5 Å². The van der Waals surface area contributed by atoms with Crippen molar-refractivity contribution in [1.82, 2.24) is 29.2 Å². The molecule has 0 atom stereocenters. The Balaban J connectivity index is 0.000000158. The first-order valence-corrected chi connectivity index (χ1v) is 26.7. The van der Waals surface area contributed by atoms with Crippen molar-refractivity contribution in [3.05, 3.63) is 192 Å². The smallest absolute Gasteiger partial charge is 0.478 e. The number of aromatic carboxylic acids is 1. The number of nitrogens with zero attached hydrogens (tertiary/aromatic N) is 10. The molecule has 16 nitrogen and oxygen atoms in total. The number of hydrogen-bond donors (Lipinski definition) is 2. The number of rotatable bonds is 12. The molecule has 3 N–H and O–H groups in total. The molecule has 0 unspecified atom stereocenters. The number of nitrogens with two attached hydrogens (primary N) is 1. The molecule has 4 aromatic carbocycles. The summed E-state index contributed by atoms with van der Waals surface area (Å²) in [5, 5.41) is 19.5. The molecule has 22 heteroatoms. The van der Waals surface area contributed by atoms with E-state index in [-0.39, 0.29) is 22.8 Å². The van der Waals surface area contributed by atoms with Crippen LogP contribution in [-0.4, -0.2) is 111 Å². The van der Waals surface area contributed by atoms with Crippen molar-refractivity contribution in [1.29, 1.82) is 0 Å². The number of fused-ring (bicyclic) bond motifs is 4. The van der Waals surface area contributed by atoms with E-state index < -0.39 is 18.7 Å². The average molecular weight is 1140 g/mol. The van der Waals surface area contributed by atoms with Crippen LogP contribution in [0, 0.1) is 13.8 Å². The van der Waals surface area contributed by atoms with E-state index in [4.69, 9.17) is 20.8 Å². The summed E-state index contributed by atoms with van der Waals surface area (Å²) in [5.41, 5.74) is 15.1. The highest BCUT2D eigenvalue weighted by Crippen LogP contribution is 2.30. The van der Waals surface area contributed by atoms with Crippen LogP contribution in [0.3, 0.4) is 0 Å². The molecule has 12 rings (SSSR count). The van der Waals surface area contributed by atoms with E-state index >= 15 is 0 Å². The predicted molar refractivity (Wildman–Crippen MR) is 306 cm³/mol. The van der Waals surface area contributed by atoms with E-state index in [1.807, 2.05) is 73.8 Å². The van der Waals surface area contributed by atoms with Crippen LogP contribution in [0.25, 0.3) is 32.8 Å². The normalized spacial score (nSPS) is 13.9. The summed E-state index contributed by atoms with van der Waals surface area (Å²) < 4.78 is 85.3. The van der Waals surface area contributed by atoms with Gasteiger partial charge in [-0.25, -0.2) is 23.8 Å². The van der Waals surface area contributed by atoms with Gasteiger partial charge in [0.1, 0.15) is 28.7 Å². The lowest BCUT2D eigenvalue weighted by Crippen LogP contribution is -2.46. The number of carboxylic acid groups (broad SMARTS) is 1. The number of piperazine rings is 2. The lowest BCUT2D eigenvalue weighted by atomic mass is 10.0. The largest absolute Gasteiger partial charge is 0.573 e. The molecule has 83 heavy (non-hydrogen) atoms. The Kier molecular flexibility index (Phi) is 16.7. The second-order valence-electron chi connectivity index (χ2n) is 19.8. The Hall–Kier alpha value is -9.44. The molecule has 10 aromatic rings. The van der Waals surface area contributed by atoms with Gasteiger partial charge in [0.25, 0.3) is 0 Å². The summed E-state index contributed by atoms with van der Waals surface area (Å²) >= 11 is 0. The highest BCUT2D eigenvalue weighted by Gasteiger charge is 2.32. The van der Waals surface area contributed by atoms with Gasteiger partial charge in [0.15, 0.2) is 5.78 Å². The maximum atomic E-state index is 13.1. The van der Waals surface area contributed by atoms with E-state index in [9.17, 15) is 35.9 Å². The minimum Gasteiger partial charge on any atom is -0.478 e. The van der Waals surface area contributed by atoms with E-state index in [1.54, 1.807) is 58.5 Å². The molecule has 0 radical (unpaired) electrons. The molecule has 2 aliphatic rings. The molecule has 0 spiro atoms. The molecule has 428 valence electrons. The van der Waals surface area contributed by atoms with E-state index in [0.29, 0.717) is 36.2 Å². The number of pyridine rings is 4. The quantitative estimate of drug-likeness (QED) is 0.0874. The molecule has 0 bridgehead atoms. The highest BCUT2D eigenvalue weighted by molar-refractivity contribution is 6.03. The first-order chi connectivity index (χ1) is 39.8.